The number of ether oxygens (including phenoxy) is 14. The quantitative estimate of drug-likeness (QED) is 0.0386. The van der Waals surface area contributed by atoms with E-state index in [1.165, 1.54) is 0 Å². The van der Waals surface area contributed by atoms with E-state index in [0.29, 0.717) is 146 Å². The molecule has 0 atom stereocenters. The molecule has 16 aromatic carbocycles. The Hall–Kier alpha value is -15.3. The predicted molar refractivity (Wildman–Crippen MR) is 494 cm³/mol. The fourth-order valence-corrected chi connectivity index (χ4v) is 14.1. The van der Waals surface area contributed by atoms with Crippen molar-refractivity contribution in [3.8, 4) is 80.5 Å². The van der Waals surface area contributed by atoms with Gasteiger partial charge in [0, 0.05) is 55.6 Å². The van der Waals surface area contributed by atoms with Gasteiger partial charge in [-0.1, -0.05) is 273 Å². The summed E-state index contributed by atoms with van der Waals surface area (Å²) in [4.78, 5) is 0. The summed E-state index contributed by atoms with van der Waals surface area (Å²) in [7, 11) is 0. The third-order valence-corrected chi connectivity index (χ3v) is 20.5. The van der Waals surface area contributed by atoms with E-state index < -0.39 is 0 Å². The Balaban J connectivity index is 0.694. The summed E-state index contributed by atoms with van der Waals surface area (Å²) in [5.41, 5.74) is 15.3. The zero-order chi connectivity index (χ0) is 85.9. The average Bonchev–Trinajstić information content (AvgIpc) is 0.857. The monoisotopic (exact) mass is 1680 g/mol. The lowest BCUT2D eigenvalue weighted by atomic mass is 10.1. The van der Waals surface area contributed by atoms with Gasteiger partial charge in [0.05, 0.1) is 0 Å². The average molecular weight is 1680 g/mol. The van der Waals surface area contributed by atoms with Gasteiger partial charge in [-0.3, -0.25) is 0 Å². The minimum atomic E-state index is 0.111. The normalized spacial score (nSPS) is 10.9. The highest BCUT2D eigenvalue weighted by molar-refractivity contribution is 5.47. The second-order valence-electron chi connectivity index (χ2n) is 30.7. The van der Waals surface area contributed by atoms with Crippen LogP contribution in [0.15, 0.2) is 400 Å². The summed E-state index contributed by atoms with van der Waals surface area (Å²) < 4.78 is 92.9. The van der Waals surface area contributed by atoms with Crippen molar-refractivity contribution in [3.05, 3.63) is 489 Å². The van der Waals surface area contributed by atoms with Crippen molar-refractivity contribution in [1.82, 2.24) is 5.32 Å². The Bertz CT molecular complexity index is 5160. The largest absolute Gasteiger partial charge is 0.489 e. The molecule has 0 fully saturated rings. The van der Waals surface area contributed by atoms with Crippen molar-refractivity contribution in [2.24, 2.45) is 0 Å². The number of rotatable bonds is 46. The number of hydrogen-bond acceptors (Lipinski definition) is 15. The van der Waals surface area contributed by atoms with Gasteiger partial charge in [-0.25, -0.2) is 0 Å². The highest BCUT2D eigenvalue weighted by Gasteiger charge is 2.17. The van der Waals surface area contributed by atoms with Gasteiger partial charge in [-0.15, -0.1) is 0 Å². The lowest BCUT2D eigenvalue weighted by Gasteiger charge is -2.17. The standard InChI is InChI=1S/C112H99NO14/c1-10-28-83(29-11-1)67-113-68-92-46-99(122-77-97-56-109(124-79-93-48-101(114-69-84-30-12-2-13-31-84)61-102(49-93)115-70-85-32-14-3-15-33-85)65-110(57-97)125-80-94-50-103(116-71-86-34-16-4-17-35-86)62-104(51-94)117-72-87-36-18-5-19-37-87)60-100(47-92)123-78-98-58-111(126-81-95-52-105(118-73-88-38-20-6-21-39-88)63-106(53-95)119-74-89-40-22-7-23-41-89)66-112(59-98)127-82-96-54-107(120-75-90-42-24-8-25-43-90)64-108(55-96)121-76-91-44-26-9-27-45-91/h1-66,113H,67-82H2. The molecule has 0 unspecified atom stereocenters. The van der Waals surface area contributed by atoms with Crippen molar-refractivity contribution in [2.45, 2.75) is 106 Å². The molecule has 0 aromatic heterocycles. The van der Waals surface area contributed by atoms with Crippen LogP contribution < -0.4 is 71.6 Å². The summed E-state index contributed by atoms with van der Waals surface area (Å²) in [5, 5.41) is 3.66. The van der Waals surface area contributed by atoms with Crippen LogP contribution in [-0.2, 0) is 106 Å². The first kappa shape index (κ1) is 85.3. The zero-order valence-electron chi connectivity index (χ0n) is 70.6. The third kappa shape index (κ3) is 27.8. The van der Waals surface area contributed by atoms with E-state index >= 15 is 0 Å². The van der Waals surface area contributed by atoms with Crippen LogP contribution in [0, 0.1) is 0 Å². The first-order chi connectivity index (χ1) is 62.7. The van der Waals surface area contributed by atoms with Gasteiger partial charge in [0.15, 0.2) is 0 Å². The van der Waals surface area contributed by atoms with E-state index in [0.717, 1.165) is 89.0 Å². The Morgan fingerprint density at radius 1 is 0.110 bits per heavy atom. The second-order valence-corrected chi connectivity index (χ2v) is 30.7. The Morgan fingerprint density at radius 2 is 0.220 bits per heavy atom. The Labute approximate surface area is 742 Å². The van der Waals surface area contributed by atoms with Crippen molar-refractivity contribution in [1.29, 1.82) is 0 Å². The molecule has 0 bridgehead atoms. The minimum Gasteiger partial charge on any atom is -0.489 e. The maximum atomic E-state index is 6.95. The molecule has 0 aliphatic heterocycles. The molecule has 16 aromatic rings. The molecule has 15 nitrogen and oxygen atoms in total. The zero-order valence-corrected chi connectivity index (χ0v) is 70.6. The molecule has 16 rings (SSSR count). The molecular formula is C112H99NO14. The van der Waals surface area contributed by atoms with Crippen molar-refractivity contribution in [3.63, 3.8) is 0 Å². The second kappa shape index (κ2) is 45.2. The first-order valence-electron chi connectivity index (χ1n) is 42.6. The highest BCUT2D eigenvalue weighted by Crippen LogP contribution is 2.36. The summed E-state index contributed by atoms with van der Waals surface area (Å²) in [6.07, 6.45) is 0. The lowest BCUT2D eigenvalue weighted by Crippen LogP contribution is -2.13. The van der Waals surface area contributed by atoms with Gasteiger partial charge in [0.25, 0.3) is 0 Å². The van der Waals surface area contributed by atoms with Crippen LogP contribution in [0.2, 0.25) is 0 Å². The van der Waals surface area contributed by atoms with Crippen molar-refractivity contribution >= 4 is 0 Å². The number of nitrogens with one attached hydrogen (secondary N) is 1. The molecule has 0 heterocycles. The molecule has 0 aliphatic rings. The van der Waals surface area contributed by atoms with E-state index in [9.17, 15) is 0 Å². The van der Waals surface area contributed by atoms with Gasteiger partial charge in [0.2, 0.25) is 0 Å². The van der Waals surface area contributed by atoms with E-state index in [1.807, 2.05) is 388 Å². The molecule has 0 amide bonds. The highest BCUT2D eigenvalue weighted by atomic mass is 16.5. The van der Waals surface area contributed by atoms with E-state index in [4.69, 9.17) is 66.3 Å². The van der Waals surface area contributed by atoms with E-state index in [2.05, 4.69) is 17.4 Å². The molecule has 0 saturated carbocycles. The maximum Gasteiger partial charge on any atom is 0.123 e. The molecule has 1 N–H and O–H groups in total. The molecule has 0 saturated heterocycles. The molecular weight excluding hydrogens is 1580 g/mol. The fraction of sp³-hybridized carbons (Fsp3) is 0.143. The van der Waals surface area contributed by atoms with Gasteiger partial charge in [0.1, 0.15) is 173 Å². The van der Waals surface area contributed by atoms with Crippen LogP contribution in [0.3, 0.4) is 0 Å². The Morgan fingerprint density at radius 3 is 0.362 bits per heavy atom. The van der Waals surface area contributed by atoms with Crippen LogP contribution >= 0.6 is 0 Å². The van der Waals surface area contributed by atoms with E-state index in [1.54, 1.807) is 0 Å². The van der Waals surface area contributed by atoms with Crippen LogP contribution in [0.25, 0.3) is 0 Å². The maximum absolute atomic E-state index is 6.95. The molecule has 0 radical (unpaired) electrons. The summed E-state index contributed by atoms with van der Waals surface area (Å²) in [6.45, 7) is 4.93. The number of hydrogen-bond donors (Lipinski definition) is 1. The molecule has 636 valence electrons. The van der Waals surface area contributed by atoms with Crippen molar-refractivity contribution in [2.75, 3.05) is 0 Å². The van der Waals surface area contributed by atoms with Crippen LogP contribution in [0.5, 0.6) is 80.5 Å². The van der Waals surface area contributed by atoms with Crippen molar-refractivity contribution < 1.29 is 66.3 Å². The van der Waals surface area contributed by atoms with Gasteiger partial charge < -0.3 is 71.6 Å². The SMILES string of the molecule is c1ccc(CNCc2cc(OCc3cc(OCc4cc(OCc5ccccc5)cc(OCc5ccccc5)c4)cc(OCc4cc(OCc5ccccc5)cc(OCc5ccccc5)c4)c3)cc(OCc3cc(OCc4cc(OCc5ccccc5)cc(OCc5ccccc5)c4)cc(OCc4cc(OCc5ccccc5)cc(OCc5ccccc5)c4)c3)c2)cc1. The Kier molecular flexibility index (Phi) is 30.3. The minimum absolute atomic E-state index is 0.111. The molecule has 0 aliphatic carbocycles. The smallest absolute Gasteiger partial charge is 0.123 e. The molecule has 0 spiro atoms. The lowest BCUT2D eigenvalue weighted by molar-refractivity contribution is 0.270. The van der Waals surface area contributed by atoms with Crippen LogP contribution in [0.4, 0.5) is 0 Å². The van der Waals surface area contributed by atoms with Gasteiger partial charge in [-0.2, -0.15) is 0 Å². The topological polar surface area (TPSA) is 141 Å². The van der Waals surface area contributed by atoms with Crippen LogP contribution in [0.1, 0.15) is 89.0 Å². The first-order valence-corrected chi connectivity index (χ1v) is 42.6. The fourth-order valence-electron chi connectivity index (χ4n) is 14.1. The summed E-state index contributed by atoms with van der Waals surface area (Å²) in [6, 6.07) is 132. The predicted octanol–water partition coefficient (Wildman–Crippen LogP) is 25.1. The van der Waals surface area contributed by atoms with Gasteiger partial charge >= 0.3 is 0 Å². The summed E-state index contributed by atoms with van der Waals surface area (Å²) >= 11 is 0. The van der Waals surface area contributed by atoms with Crippen LogP contribution in [-0.4, -0.2) is 0 Å². The molecule has 15 heteroatoms. The molecule has 127 heavy (non-hydrogen) atoms. The van der Waals surface area contributed by atoms with E-state index in [-0.39, 0.29) is 39.6 Å². The third-order valence-electron chi connectivity index (χ3n) is 20.5. The number of benzene rings is 16. The summed E-state index contributed by atoms with van der Waals surface area (Å²) in [5.74, 6) is 8.43. The van der Waals surface area contributed by atoms with Gasteiger partial charge in [-0.05, 0) is 174 Å².